The van der Waals surface area contributed by atoms with Crippen LogP contribution in [0.2, 0.25) is 5.02 Å². The van der Waals surface area contributed by atoms with Crippen molar-refractivity contribution in [3.05, 3.63) is 28.3 Å². The normalized spacial score (nSPS) is 24.6. The molecule has 0 saturated heterocycles. The second kappa shape index (κ2) is 2.88. The molecule has 2 nitrogen and oxygen atoms in total. The summed E-state index contributed by atoms with van der Waals surface area (Å²) >= 11 is 6.22. The average Bonchev–Trinajstić information content (AvgIpc) is 2.55. The highest BCUT2D eigenvalue weighted by atomic mass is 35.5. The standard InChI is InChI=1S/C11H13ClN2/c1-14-5-7-4-13-10-3-2-9(12)8(6-14)11(7)10/h2-3,7,13H,4-6H2,1H3. The highest BCUT2D eigenvalue weighted by molar-refractivity contribution is 6.31. The molecule has 0 saturated carbocycles. The number of benzene rings is 1. The fourth-order valence-corrected chi connectivity index (χ4v) is 2.85. The Bertz CT molecular complexity index is 389. The number of anilines is 1. The smallest absolute Gasteiger partial charge is 0.0455 e. The van der Waals surface area contributed by atoms with Gasteiger partial charge in [0.2, 0.25) is 0 Å². The number of nitrogens with one attached hydrogen (secondary N) is 1. The van der Waals surface area contributed by atoms with Gasteiger partial charge in [-0.15, -0.1) is 0 Å². The van der Waals surface area contributed by atoms with Gasteiger partial charge in [0.1, 0.15) is 0 Å². The maximum Gasteiger partial charge on any atom is 0.0455 e. The molecule has 2 heterocycles. The van der Waals surface area contributed by atoms with Gasteiger partial charge in [0, 0.05) is 36.3 Å². The van der Waals surface area contributed by atoms with Gasteiger partial charge >= 0.3 is 0 Å². The zero-order valence-corrected chi connectivity index (χ0v) is 8.93. The Labute approximate surface area is 88.9 Å². The SMILES string of the molecule is CN1Cc2c(Cl)ccc3c2C(CN3)C1. The summed E-state index contributed by atoms with van der Waals surface area (Å²) in [4.78, 5) is 2.34. The molecular weight excluding hydrogens is 196 g/mol. The third-order valence-electron chi connectivity index (χ3n) is 3.21. The molecule has 0 aliphatic carbocycles. The van der Waals surface area contributed by atoms with Crippen molar-refractivity contribution in [1.82, 2.24) is 4.90 Å². The maximum absolute atomic E-state index is 6.22. The lowest BCUT2D eigenvalue weighted by Crippen LogP contribution is -2.30. The zero-order chi connectivity index (χ0) is 9.71. The highest BCUT2D eigenvalue weighted by Crippen LogP contribution is 2.41. The lowest BCUT2D eigenvalue weighted by atomic mass is 9.91. The van der Waals surface area contributed by atoms with Crippen LogP contribution in [0.15, 0.2) is 12.1 Å². The van der Waals surface area contributed by atoms with E-state index < -0.39 is 0 Å². The Kier molecular flexibility index (Phi) is 1.76. The summed E-state index contributed by atoms with van der Waals surface area (Å²) < 4.78 is 0. The summed E-state index contributed by atoms with van der Waals surface area (Å²) in [6, 6.07) is 4.11. The van der Waals surface area contributed by atoms with Gasteiger partial charge in [0.05, 0.1) is 0 Å². The molecule has 0 amide bonds. The van der Waals surface area contributed by atoms with Crippen molar-refractivity contribution in [3.63, 3.8) is 0 Å². The number of hydrogen-bond donors (Lipinski definition) is 1. The zero-order valence-electron chi connectivity index (χ0n) is 8.18. The molecule has 1 unspecified atom stereocenters. The van der Waals surface area contributed by atoms with Crippen molar-refractivity contribution in [2.45, 2.75) is 12.5 Å². The van der Waals surface area contributed by atoms with Crippen molar-refractivity contribution >= 4 is 17.3 Å². The van der Waals surface area contributed by atoms with Crippen molar-refractivity contribution in [2.24, 2.45) is 0 Å². The molecule has 1 atom stereocenters. The van der Waals surface area contributed by atoms with Crippen LogP contribution >= 0.6 is 11.6 Å². The van der Waals surface area contributed by atoms with Crippen LogP contribution in [-0.2, 0) is 6.54 Å². The van der Waals surface area contributed by atoms with Gasteiger partial charge in [-0.2, -0.15) is 0 Å². The molecule has 0 radical (unpaired) electrons. The van der Waals surface area contributed by atoms with E-state index in [1.54, 1.807) is 0 Å². The van der Waals surface area contributed by atoms with E-state index in [0.717, 1.165) is 24.7 Å². The second-order valence-corrected chi connectivity index (χ2v) is 4.67. The van der Waals surface area contributed by atoms with Gasteiger partial charge in [-0.3, -0.25) is 0 Å². The van der Waals surface area contributed by atoms with Crippen LogP contribution < -0.4 is 5.32 Å². The first-order chi connectivity index (χ1) is 6.75. The van der Waals surface area contributed by atoms with Crippen LogP contribution in [-0.4, -0.2) is 25.0 Å². The Morgan fingerprint density at radius 2 is 2.36 bits per heavy atom. The molecule has 3 heteroatoms. The highest BCUT2D eigenvalue weighted by Gasteiger charge is 2.31. The maximum atomic E-state index is 6.22. The number of nitrogens with zero attached hydrogens (tertiary/aromatic N) is 1. The van der Waals surface area contributed by atoms with Crippen molar-refractivity contribution in [2.75, 3.05) is 25.5 Å². The molecule has 1 aromatic carbocycles. The summed E-state index contributed by atoms with van der Waals surface area (Å²) in [6.07, 6.45) is 0. The van der Waals surface area contributed by atoms with Gasteiger partial charge in [-0.25, -0.2) is 0 Å². The predicted molar refractivity (Wildman–Crippen MR) is 59.0 cm³/mol. The molecule has 3 rings (SSSR count). The lowest BCUT2D eigenvalue weighted by Gasteiger charge is -2.29. The molecule has 1 N–H and O–H groups in total. The van der Waals surface area contributed by atoms with E-state index in [0.29, 0.717) is 5.92 Å². The fraction of sp³-hybridized carbons (Fsp3) is 0.455. The van der Waals surface area contributed by atoms with E-state index in [4.69, 9.17) is 11.6 Å². The largest absolute Gasteiger partial charge is 0.384 e. The molecule has 0 spiro atoms. The summed E-state index contributed by atoms with van der Waals surface area (Å²) in [5.41, 5.74) is 4.09. The van der Waals surface area contributed by atoms with Gasteiger partial charge < -0.3 is 10.2 Å². The van der Waals surface area contributed by atoms with Crippen LogP contribution in [0.25, 0.3) is 0 Å². The molecule has 0 aromatic heterocycles. The summed E-state index contributed by atoms with van der Waals surface area (Å²) in [5.74, 6) is 0.637. The number of halogens is 1. The third-order valence-corrected chi connectivity index (χ3v) is 3.56. The minimum atomic E-state index is 0.637. The fourth-order valence-electron chi connectivity index (χ4n) is 2.62. The quantitative estimate of drug-likeness (QED) is 0.704. The molecule has 2 aliphatic heterocycles. The van der Waals surface area contributed by atoms with Crippen molar-refractivity contribution in [1.29, 1.82) is 0 Å². The first-order valence-electron chi connectivity index (χ1n) is 4.99. The van der Waals surface area contributed by atoms with E-state index >= 15 is 0 Å². The monoisotopic (exact) mass is 208 g/mol. The van der Waals surface area contributed by atoms with E-state index in [9.17, 15) is 0 Å². The van der Waals surface area contributed by atoms with Crippen LogP contribution in [0.5, 0.6) is 0 Å². The van der Waals surface area contributed by atoms with Crippen LogP contribution in [0.4, 0.5) is 5.69 Å². The van der Waals surface area contributed by atoms with Crippen molar-refractivity contribution < 1.29 is 0 Å². The number of rotatable bonds is 0. The summed E-state index contributed by atoms with van der Waals surface area (Å²) in [7, 11) is 2.16. The Hall–Kier alpha value is -0.730. The molecule has 74 valence electrons. The molecular formula is C11H13ClN2. The number of hydrogen-bond acceptors (Lipinski definition) is 2. The minimum Gasteiger partial charge on any atom is -0.384 e. The summed E-state index contributed by atoms with van der Waals surface area (Å²) in [6.45, 7) is 3.19. The van der Waals surface area contributed by atoms with Crippen LogP contribution in [0.3, 0.4) is 0 Å². The van der Waals surface area contributed by atoms with Crippen LogP contribution in [0, 0.1) is 0 Å². The molecule has 2 aliphatic rings. The number of likely N-dealkylation sites (N-methyl/N-ethyl adjacent to an activating group) is 1. The Balaban J connectivity index is 2.21. The first-order valence-corrected chi connectivity index (χ1v) is 5.37. The Morgan fingerprint density at radius 3 is 3.21 bits per heavy atom. The average molecular weight is 209 g/mol. The van der Waals surface area contributed by atoms with Gasteiger partial charge in [-0.05, 0) is 30.3 Å². The molecule has 1 aromatic rings. The molecule has 0 fully saturated rings. The van der Waals surface area contributed by atoms with E-state index in [2.05, 4.69) is 23.3 Å². The topological polar surface area (TPSA) is 15.3 Å². The van der Waals surface area contributed by atoms with E-state index in [1.807, 2.05) is 6.07 Å². The first kappa shape index (κ1) is 8.57. The van der Waals surface area contributed by atoms with Gasteiger partial charge in [0.15, 0.2) is 0 Å². The predicted octanol–water partition coefficient (Wildman–Crippen LogP) is 2.29. The Morgan fingerprint density at radius 1 is 1.50 bits per heavy atom. The van der Waals surface area contributed by atoms with E-state index in [-0.39, 0.29) is 0 Å². The summed E-state index contributed by atoms with van der Waals surface area (Å²) in [5, 5.41) is 4.36. The third kappa shape index (κ3) is 1.07. The van der Waals surface area contributed by atoms with Crippen LogP contribution in [0.1, 0.15) is 17.0 Å². The molecule has 14 heavy (non-hydrogen) atoms. The van der Waals surface area contributed by atoms with Gasteiger partial charge in [-0.1, -0.05) is 11.6 Å². The molecule has 0 bridgehead atoms. The van der Waals surface area contributed by atoms with Crippen molar-refractivity contribution in [3.8, 4) is 0 Å². The second-order valence-electron chi connectivity index (χ2n) is 4.26. The van der Waals surface area contributed by atoms with E-state index in [1.165, 1.54) is 16.8 Å². The van der Waals surface area contributed by atoms with Gasteiger partial charge in [0.25, 0.3) is 0 Å². The lowest BCUT2D eigenvalue weighted by molar-refractivity contribution is 0.289. The minimum absolute atomic E-state index is 0.637.